The second-order valence-electron chi connectivity index (χ2n) is 4.24. The van der Waals surface area contributed by atoms with Crippen molar-refractivity contribution in [2.75, 3.05) is 12.9 Å². The van der Waals surface area contributed by atoms with Crippen LogP contribution in [0, 0.1) is 6.92 Å². The van der Waals surface area contributed by atoms with Crippen molar-refractivity contribution in [2.45, 2.75) is 18.7 Å². The van der Waals surface area contributed by atoms with Crippen LogP contribution in [0.1, 0.15) is 39.1 Å². The van der Waals surface area contributed by atoms with Gasteiger partial charge in [-0.15, -0.1) is 11.8 Å². The minimum Gasteiger partial charge on any atom is -0.461 e. The van der Waals surface area contributed by atoms with E-state index in [4.69, 9.17) is 9.26 Å². The summed E-state index contributed by atoms with van der Waals surface area (Å²) in [4.78, 5) is 25.4. The first-order valence-corrected chi connectivity index (χ1v) is 7.63. The summed E-state index contributed by atoms with van der Waals surface area (Å²) in [7, 11) is 0. The van der Waals surface area contributed by atoms with Crippen LogP contribution in [-0.2, 0) is 4.74 Å². The fourth-order valence-electron chi connectivity index (χ4n) is 1.87. The van der Waals surface area contributed by atoms with Crippen molar-refractivity contribution in [1.29, 1.82) is 0 Å². The van der Waals surface area contributed by atoms with Gasteiger partial charge in [0, 0.05) is 10.5 Å². The molecule has 0 fully saturated rings. The molecular formula is C15H15NO4S. The van der Waals surface area contributed by atoms with E-state index in [-0.39, 0.29) is 23.6 Å². The Labute approximate surface area is 126 Å². The second-order valence-corrected chi connectivity index (χ2v) is 5.12. The van der Waals surface area contributed by atoms with Gasteiger partial charge in [0.2, 0.25) is 5.69 Å². The molecule has 6 heteroatoms. The van der Waals surface area contributed by atoms with Crippen molar-refractivity contribution < 1.29 is 18.8 Å². The number of thioether (sulfide) groups is 1. The summed E-state index contributed by atoms with van der Waals surface area (Å²) in [6, 6.07) is 7.14. The van der Waals surface area contributed by atoms with Crippen LogP contribution >= 0.6 is 11.8 Å². The Hall–Kier alpha value is -2.08. The zero-order valence-corrected chi connectivity index (χ0v) is 12.8. The van der Waals surface area contributed by atoms with E-state index in [0.29, 0.717) is 11.3 Å². The van der Waals surface area contributed by atoms with E-state index in [1.807, 2.05) is 18.4 Å². The normalized spacial score (nSPS) is 10.4. The topological polar surface area (TPSA) is 69.4 Å². The third-order valence-corrected chi connectivity index (χ3v) is 3.65. The summed E-state index contributed by atoms with van der Waals surface area (Å²) in [5.74, 6) is -0.653. The first kappa shape index (κ1) is 15.3. The molecule has 0 radical (unpaired) electrons. The Morgan fingerprint density at radius 2 is 1.95 bits per heavy atom. The Balaban J connectivity index is 2.38. The zero-order valence-electron chi connectivity index (χ0n) is 12.0. The third-order valence-electron chi connectivity index (χ3n) is 2.91. The minimum atomic E-state index is -0.654. The molecular weight excluding hydrogens is 290 g/mol. The molecule has 0 N–H and O–H groups in total. The van der Waals surface area contributed by atoms with Gasteiger partial charge < -0.3 is 9.26 Å². The Morgan fingerprint density at radius 1 is 1.29 bits per heavy atom. The van der Waals surface area contributed by atoms with Crippen molar-refractivity contribution in [1.82, 2.24) is 5.16 Å². The quantitative estimate of drug-likeness (QED) is 0.480. The summed E-state index contributed by atoms with van der Waals surface area (Å²) in [5.41, 5.74) is 0.559. The van der Waals surface area contributed by atoms with Crippen LogP contribution in [-0.4, -0.2) is 29.8 Å². The number of carbonyl (C=O) groups is 2. The molecule has 0 saturated carbocycles. The van der Waals surface area contributed by atoms with Crippen LogP contribution in [0.5, 0.6) is 0 Å². The van der Waals surface area contributed by atoms with E-state index in [2.05, 4.69) is 5.16 Å². The standard InChI is InChI=1S/C15H15NO4S/c1-4-19-15(18)13-12(9(2)20-16-13)14(17)10-5-7-11(21-3)8-6-10/h5-8H,4H2,1-3H3. The highest BCUT2D eigenvalue weighted by atomic mass is 32.2. The summed E-state index contributed by atoms with van der Waals surface area (Å²) >= 11 is 1.59. The smallest absolute Gasteiger partial charge is 0.361 e. The van der Waals surface area contributed by atoms with Crippen LogP contribution in [0.25, 0.3) is 0 Å². The van der Waals surface area contributed by atoms with Crippen molar-refractivity contribution >= 4 is 23.5 Å². The Bertz CT molecular complexity index is 661. The van der Waals surface area contributed by atoms with Gasteiger partial charge in [0.1, 0.15) is 5.76 Å². The number of ketones is 1. The van der Waals surface area contributed by atoms with Gasteiger partial charge in [-0.2, -0.15) is 0 Å². The van der Waals surface area contributed by atoms with Crippen LogP contribution in [0.4, 0.5) is 0 Å². The number of carbonyl (C=O) groups excluding carboxylic acids is 2. The molecule has 0 aliphatic heterocycles. The lowest BCUT2D eigenvalue weighted by molar-refractivity contribution is 0.0512. The molecule has 0 atom stereocenters. The van der Waals surface area contributed by atoms with Gasteiger partial charge >= 0.3 is 5.97 Å². The third kappa shape index (κ3) is 3.16. The summed E-state index contributed by atoms with van der Waals surface area (Å²) < 4.78 is 9.86. The maximum atomic E-state index is 12.5. The van der Waals surface area contributed by atoms with Gasteiger partial charge in [0.15, 0.2) is 5.78 Å². The van der Waals surface area contributed by atoms with Crippen molar-refractivity contribution in [2.24, 2.45) is 0 Å². The molecule has 21 heavy (non-hydrogen) atoms. The fraction of sp³-hybridized carbons (Fsp3) is 0.267. The van der Waals surface area contributed by atoms with Gasteiger partial charge in [-0.1, -0.05) is 5.16 Å². The predicted octanol–water partition coefficient (Wildman–Crippen LogP) is 3.11. The molecule has 5 nitrogen and oxygen atoms in total. The van der Waals surface area contributed by atoms with Gasteiger partial charge in [-0.3, -0.25) is 4.79 Å². The highest BCUT2D eigenvalue weighted by Gasteiger charge is 2.27. The van der Waals surface area contributed by atoms with Crippen LogP contribution in [0.15, 0.2) is 33.7 Å². The lowest BCUT2D eigenvalue weighted by Crippen LogP contribution is -2.12. The van der Waals surface area contributed by atoms with E-state index < -0.39 is 5.97 Å². The number of hydrogen-bond acceptors (Lipinski definition) is 6. The molecule has 0 unspecified atom stereocenters. The molecule has 0 amide bonds. The number of aromatic nitrogens is 1. The number of hydrogen-bond donors (Lipinski definition) is 0. The van der Waals surface area contributed by atoms with Crippen LogP contribution < -0.4 is 0 Å². The second kappa shape index (κ2) is 6.58. The SMILES string of the molecule is CCOC(=O)c1noc(C)c1C(=O)c1ccc(SC)cc1. The largest absolute Gasteiger partial charge is 0.461 e. The molecule has 1 heterocycles. The van der Waals surface area contributed by atoms with Crippen molar-refractivity contribution in [3.05, 3.63) is 46.8 Å². The van der Waals surface area contributed by atoms with E-state index in [0.717, 1.165) is 4.90 Å². The van der Waals surface area contributed by atoms with E-state index in [9.17, 15) is 9.59 Å². The Kier molecular flexibility index (Phi) is 4.80. The fourth-order valence-corrected chi connectivity index (χ4v) is 2.27. The maximum absolute atomic E-state index is 12.5. The first-order chi connectivity index (χ1) is 10.1. The first-order valence-electron chi connectivity index (χ1n) is 6.40. The number of aryl methyl sites for hydroxylation is 1. The number of benzene rings is 1. The van der Waals surface area contributed by atoms with Gasteiger partial charge in [-0.05, 0) is 44.4 Å². The molecule has 0 aliphatic rings. The summed E-state index contributed by atoms with van der Waals surface area (Å²) in [6.45, 7) is 3.49. The zero-order chi connectivity index (χ0) is 15.4. The highest BCUT2D eigenvalue weighted by molar-refractivity contribution is 7.98. The molecule has 0 saturated heterocycles. The molecule has 2 rings (SSSR count). The predicted molar refractivity (Wildman–Crippen MR) is 78.9 cm³/mol. The van der Waals surface area contributed by atoms with Crippen LogP contribution in [0.2, 0.25) is 0 Å². The van der Waals surface area contributed by atoms with Crippen LogP contribution in [0.3, 0.4) is 0 Å². The van der Waals surface area contributed by atoms with E-state index in [1.54, 1.807) is 37.7 Å². The molecule has 1 aromatic carbocycles. The van der Waals surface area contributed by atoms with E-state index in [1.165, 1.54) is 0 Å². The van der Waals surface area contributed by atoms with Gasteiger partial charge in [0.25, 0.3) is 0 Å². The summed E-state index contributed by atoms with van der Waals surface area (Å²) in [5, 5.41) is 3.64. The molecule has 110 valence electrons. The average molecular weight is 305 g/mol. The average Bonchev–Trinajstić information content (AvgIpc) is 2.88. The Morgan fingerprint density at radius 3 is 2.52 bits per heavy atom. The van der Waals surface area contributed by atoms with Crippen molar-refractivity contribution in [3.63, 3.8) is 0 Å². The molecule has 0 bridgehead atoms. The number of nitrogens with zero attached hydrogens (tertiary/aromatic N) is 1. The number of ether oxygens (including phenoxy) is 1. The van der Waals surface area contributed by atoms with Gasteiger partial charge in [-0.25, -0.2) is 4.79 Å². The summed E-state index contributed by atoms with van der Waals surface area (Å²) in [6.07, 6.45) is 1.96. The molecule has 0 aliphatic carbocycles. The number of rotatable bonds is 5. The lowest BCUT2D eigenvalue weighted by Gasteiger charge is -2.03. The lowest BCUT2D eigenvalue weighted by atomic mass is 10.0. The minimum absolute atomic E-state index is 0.0757. The maximum Gasteiger partial charge on any atom is 0.361 e. The van der Waals surface area contributed by atoms with Crippen molar-refractivity contribution in [3.8, 4) is 0 Å². The highest BCUT2D eigenvalue weighted by Crippen LogP contribution is 2.21. The molecule has 0 spiro atoms. The van der Waals surface area contributed by atoms with Gasteiger partial charge in [0.05, 0.1) is 12.2 Å². The monoisotopic (exact) mass is 305 g/mol. The van der Waals surface area contributed by atoms with E-state index >= 15 is 0 Å². The molecule has 2 aromatic rings. The number of esters is 1. The molecule has 1 aromatic heterocycles.